The Bertz CT molecular complexity index is 504. The van der Waals surface area contributed by atoms with Crippen LogP contribution in [0.1, 0.15) is 34.1 Å². The number of benzene rings is 1. The van der Waals surface area contributed by atoms with E-state index in [0.29, 0.717) is 6.42 Å². The first-order valence-electron chi connectivity index (χ1n) is 5.74. The molecule has 0 amide bonds. The van der Waals surface area contributed by atoms with Crippen LogP contribution in [0.25, 0.3) is 0 Å². The molecule has 5 nitrogen and oxygen atoms in total. The van der Waals surface area contributed by atoms with Crippen molar-refractivity contribution < 1.29 is 23.9 Å². The summed E-state index contributed by atoms with van der Waals surface area (Å²) in [6.45, 7) is 5.30. The van der Waals surface area contributed by atoms with Crippen LogP contribution < -0.4 is 0 Å². The Labute approximate surface area is 110 Å². The smallest absolute Gasteiger partial charge is 0.346 e. The first kappa shape index (κ1) is 14.6. The predicted octanol–water partition coefficient (Wildman–Crippen LogP) is 2.12. The highest BCUT2D eigenvalue weighted by Gasteiger charge is 2.20. The van der Waals surface area contributed by atoms with Crippen molar-refractivity contribution in [3.05, 3.63) is 48.0 Å². The van der Waals surface area contributed by atoms with Gasteiger partial charge in [0.1, 0.15) is 0 Å². The van der Waals surface area contributed by atoms with Crippen LogP contribution >= 0.6 is 0 Å². The Hall–Kier alpha value is -2.43. The van der Waals surface area contributed by atoms with Gasteiger partial charge in [0, 0.05) is 6.08 Å². The zero-order valence-corrected chi connectivity index (χ0v) is 10.5. The molecule has 0 saturated heterocycles. The Balaban J connectivity index is 2.95. The van der Waals surface area contributed by atoms with E-state index in [1.165, 1.54) is 12.1 Å². The molecule has 0 N–H and O–H groups in total. The van der Waals surface area contributed by atoms with Crippen LogP contribution in [0.5, 0.6) is 0 Å². The minimum atomic E-state index is -0.908. The molecule has 0 aliphatic carbocycles. The topological polar surface area (TPSA) is 69.7 Å². The van der Waals surface area contributed by atoms with Gasteiger partial charge in [0.05, 0.1) is 17.7 Å². The summed E-state index contributed by atoms with van der Waals surface area (Å²) in [7, 11) is 0. The van der Waals surface area contributed by atoms with Gasteiger partial charge in [-0.15, -0.1) is 0 Å². The molecular formula is C14H14O5. The Morgan fingerprint density at radius 1 is 1.16 bits per heavy atom. The summed E-state index contributed by atoms with van der Waals surface area (Å²) in [5, 5.41) is 0. The maximum Gasteiger partial charge on any atom is 0.346 e. The molecule has 1 rings (SSSR count). The molecule has 0 unspecified atom stereocenters. The lowest BCUT2D eigenvalue weighted by molar-refractivity contribution is -0.132. The molecule has 100 valence electrons. The largest absolute Gasteiger partial charge is 0.462 e. The van der Waals surface area contributed by atoms with Crippen molar-refractivity contribution in [3.8, 4) is 0 Å². The van der Waals surface area contributed by atoms with E-state index in [1.54, 1.807) is 12.1 Å². The highest BCUT2D eigenvalue weighted by Crippen LogP contribution is 2.12. The first-order valence-corrected chi connectivity index (χ1v) is 5.74. The lowest BCUT2D eigenvalue weighted by Gasteiger charge is -2.07. The molecular weight excluding hydrogens is 248 g/mol. The average molecular weight is 262 g/mol. The average Bonchev–Trinajstić information content (AvgIpc) is 2.44. The third-order valence-corrected chi connectivity index (χ3v) is 2.16. The lowest BCUT2D eigenvalue weighted by atomic mass is 10.1. The van der Waals surface area contributed by atoms with Crippen LogP contribution in [-0.2, 0) is 14.3 Å². The van der Waals surface area contributed by atoms with E-state index in [0.717, 1.165) is 6.08 Å². The standard InChI is InChI=1S/C14H14O5/c1-3-9-18-13(16)10-7-5-6-8-11(10)14(17)19-12(15)4-2/h4-8H,2-3,9H2,1H3. The molecule has 0 aromatic heterocycles. The second-order valence-corrected chi connectivity index (χ2v) is 3.59. The lowest BCUT2D eigenvalue weighted by Crippen LogP contribution is -2.16. The quantitative estimate of drug-likeness (QED) is 0.462. The second kappa shape index (κ2) is 7.10. The highest BCUT2D eigenvalue weighted by molar-refractivity contribution is 6.06. The number of rotatable bonds is 5. The van der Waals surface area contributed by atoms with Crippen molar-refractivity contribution >= 4 is 17.9 Å². The fraction of sp³-hybridized carbons (Fsp3) is 0.214. The first-order chi connectivity index (χ1) is 9.10. The number of ether oxygens (including phenoxy) is 2. The fourth-order valence-electron chi connectivity index (χ4n) is 1.30. The predicted molar refractivity (Wildman–Crippen MR) is 67.6 cm³/mol. The van der Waals surface area contributed by atoms with E-state index in [2.05, 4.69) is 11.3 Å². The van der Waals surface area contributed by atoms with E-state index >= 15 is 0 Å². The second-order valence-electron chi connectivity index (χ2n) is 3.59. The SMILES string of the molecule is C=CC(=O)OC(=O)c1ccccc1C(=O)OCCC. The zero-order chi connectivity index (χ0) is 14.3. The molecule has 0 fully saturated rings. The Morgan fingerprint density at radius 2 is 1.74 bits per heavy atom. The van der Waals surface area contributed by atoms with Gasteiger partial charge >= 0.3 is 17.9 Å². The Kier molecular flexibility index (Phi) is 5.47. The van der Waals surface area contributed by atoms with E-state index in [9.17, 15) is 14.4 Å². The van der Waals surface area contributed by atoms with Crippen molar-refractivity contribution in [1.29, 1.82) is 0 Å². The van der Waals surface area contributed by atoms with Gasteiger partial charge < -0.3 is 9.47 Å². The van der Waals surface area contributed by atoms with Crippen molar-refractivity contribution in [2.45, 2.75) is 13.3 Å². The summed E-state index contributed by atoms with van der Waals surface area (Å²) >= 11 is 0. The van der Waals surface area contributed by atoms with Gasteiger partial charge in [-0.3, -0.25) is 0 Å². The van der Waals surface area contributed by atoms with E-state index in [4.69, 9.17) is 4.74 Å². The summed E-state index contributed by atoms with van der Waals surface area (Å²) in [5.41, 5.74) is 0.0524. The third-order valence-electron chi connectivity index (χ3n) is 2.16. The number of hydrogen-bond acceptors (Lipinski definition) is 5. The highest BCUT2D eigenvalue weighted by atomic mass is 16.6. The van der Waals surface area contributed by atoms with E-state index < -0.39 is 17.9 Å². The summed E-state index contributed by atoms with van der Waals surface area (Å²) in [4.78, 5) is 34.4. The summed E-state index contributed by atoms with van der Waals surface area (Å²) in [5.74, 6) is -2.41. The van der Waals surface area contributed by atoms with Gasteiger partial charge in [0.15, 0.2) is 0 Å². The monoisotopic (exact) mass is 262 g/mol. The van der Waals surface area contributed by atoms with Crippen molar-refractivity contribution in [1.82, 2.24) is 0 Å². The molecule has 0 saturated carbocycles. The third kappa shape index (κ3) is 4.06. The van der Waals surface area contributed by atoms with Gasteiger partial charge in [-0.25, -0.2) is 14.4 Å². The molecule has 19 heavy (non-hydrogen) atoms. The van der Waals surface area contributed by atoms with Gasteiger partial charge in [-0.05, 0) is 18.6 Å². The molecule has 1 aromatic rings. The van der Waals surface area contributed by atoms with Crippen LogP contribution in [0.2, 0.25) is 0 Å². The molecule has 0 radical (unpaired) electrons. The molecule has 1 aromatic carbocycles. The molecule has 5 heteroatoms. The number of hydrogen-bond donors (Lipinski definition) is 0. The minimum absolute atomic E-state index is 0.0150. The number of carbonyl (C=O) groups excluding carboxylic acids is 3. The van der Waals surface area contributed by atoms with Crippen LogP contribution in [0, 0.1) is 0 Å². The fourth-order valence-corrected chi connectivity index (χ4v) is 1.30. The molecule has 0 aliphatic rings. The zero-order valence-electron chi connectivity index (χ0n) is 10.5. The molecule has 0 aliphatic heterocycles. The minimum Gasteiger partial charge on any atom is -0.462 e. The van der Waals surface area contributed by atoms with Crippen LogP contribution in [0.4, 0.5) is 0 Å². The van der Waals surface area contributed by atoms with Crippen LogP contribution in [-0.4, -0.2) is 24.5 Å². The Morgan fingerprint density at radius 3 is 2.26 bits per heavy atom. The van der Waals surface area contributed by atoms with Gasteiger partial charge in [-0.1, -0.05) is 25.6 Å². The summed E-state index contributed by atoms with van der Waals surface area (Å²) in [6.07, 6.45) is 1.54. The van der Waals surface area contributed by atoms with Crippen LogP contribution in [0.15, 0.2) is 36.9 Å². The maximum atomic E-state index is 11.7. The maximum absolute atomic E-state index is 11.7. The number of carbonyl (C=O) groups is 3. The van der Waals surface area contributed by atoms with E-state index in [-0.39, 0.29) is 17.7 Å². The van der Waals surface area contributed by atoms with E-state index in [1.807, 2.05) is 6.92 Å². The summed E-state index contributed by atoms with van der Waals surface area (Å²) < 4.78 is 9.42. The van der Waals surface area contributed by atoms with Crippen molar-refractivity contribution in [2.75, 3.05) is 6.61 Å². The van der Waals surface area contributed by atoms with Gasteiger partial charge in [-0.2, -0.15) is 0 Å². The molecule has 0 heterocycles. The number of esters is 3. The summed E-state index contributed by atoms with van der Waals surface area (Å²) in [6, 6.07) is 5.98. The molecule has 0 spiro atoms. The molecule has 0 atom stereocenters. The normalized spacial score (nSPS) is 9.53. The van der Waals surface area contributed by atoms with Gasteiger partial charge in [0.2, 0.25) is 0 Å². The van der Waals surface area contributed by atoms with Crippen molar-refractivity contribution in [3.63, 3.8) is 0 Å². The molecule has 0 bridgehead atoms. The van der Waals surface area contributed by atoms with Crippen LogP contribution in [0.3, 0.4) is 0 Å². The van der Waals surface area contributed by atoms with Gasteiger partial charge in [0.25, 0.3) is 0 Å². The van der Waals surface area contributed by atoms with Crippen molar-refractivity contribution in [2.24, 2.45) is 0 Å².